The zero-order valence-corrected chi connectivity index (χ0v) is 41.7. The third-order valence-corrected chi connectivity index (χ3v) is 10.4. The number of carbonyl (C=O) groups excluding carboxylic acids is 3. The molecule has 0 heterocycles. The van der Waals surface area contributed by atoms with Crippen LogP contribution >= 0.6 is 0 Å². The number of hydrogen-bond acceptors (Lipinski definition) is 6. The summed E-state index contributed by atoms with van der Waals surface area (Å²) >= 11 is 0. The first-order valence-electron chi connectivity index (χ1n) is 26.0. The molecular formula is C59H94O6. The summed E-state index contributed by atoms with van der Waals surface area (Å²) in [5.41, 5.74) is 0. The molecule has 0 N–H and O–H groups in total. The molecule has 1 unspecified atom stereocenters. The van der Waals surface area contributed by atoms with Gasteiger partial charge in [0.05, 0.1) is 0 Å². The van der Waals surface area contributed by atoms with Gasteiger partial charge in [-0.05, 0) is 109 Å². The van der Waals surface area contributed by atoms with E-state index in [2.05, 4.69) is 130 Å². The third-order valence-electron chi connectivity index (χ3n) is 10.4. The number of ether oxygens (including phenoxy) is 3. The SMILES string of the molecule is CC/C=C\C/C=C\C/C=C\C/C=C\C/C=C\CCC(=O)OC(COC(=O)CCC/C=C\C/C=C\C/C=C\CCCCCCCC)COC(=O)CCCCCCCCC/C=C\C/C=C\CC. The van der Waals surface area contributed by atoms with Crippen molar-refractivity contribution < 1.29 is 28.6 Å². The molecule has 65 heavy (non-hydrogen) atoms. The number of esters is 3. The summed E-state index contributed by atoms with van der Waals surface area (Å²) in [6.07, 6.45) is 72.0. The Hall–Kier alpha value is -4.19. The Bertz CT molecular complexity index is 1400. The van der Waals surface area contributed by atoms with Crippen molar-refractivity contribution >= 4 is 17.9 Å². The summed E-state index contributed by atoms with van der Waals surface area (Å²) < 4.78 is 16.7. The minimum atomic E-state index is -0.844. The summed E-state index contributed by atoms with van der Waals surface area (Å²) in [7, 11) is 0. The molecule has 0 aliphatic rings. The van der Waals surface area contributed by atoms with Gasteiger partial charge in [0, 0.05) is 19.3 Å². The Morgan fingerprint density at radius 1 is 0.323 bits per heavy atom. The van der Waals surface area contributed by atoms with Crippen LogP contribution in [0, 0.1) is 0 Å². The Labute approximate surface area is 399 Å². The van der Waals surface area contributed by atoms with Gasteiger partial charge in [-0.15, -0.1) is 0 Å². The normalized spacial score (nSPS) is 13.1. The lowest BCUT2D eigenvalue weighted by Crippen LogP contribution is -2.30. The predicted molar refractivity (Wildman–Crippen MR) is 279 cm³/mol. The van der Waals surface area contributed by atoms with Crippen LogP contribution in [0.1, 0.15) is 213 Å². The highest BCUT2D eigenvalue weighted by molar-refractivity contribution is 5.71. The average molecular weight is 899 g/mol. The van der Waals surface area contributed by atoms with Crippen LogP contribution in [0.25, 0.3) is 0 Å². The van der Waals surface area contributed by atoms with E-state index < -0.39 is 12.1 Å². The Kier molecular flexibility index (Phi) is 49.1. The topological polar surface area (TPSA) is 78.9 Å². The van der Waals surface area contributed by atoms with Gasteiger partial charge in [-0.25, -0.2) is 0 Å². The quantitative estimate of drug-likeness (QED) is 0.0262. The fourth-order valence-corrected chi connectivity index (χ4v) is 6.60. The zero-order valence-electron chi connectivity index (χ0n) is 41.7. The van der Waals surface area contributed by atoms with E-state index in [1.54, 1.807) is 0 Å². The van der Waals surface area contributed by atoms with E-state index in [9.17, 15) is 14.4 Å². The minimum absolute atomic E-state index is 0.131. The largest absolute Gasteiger partial charge is 0.462 e. The molecule has 0 saturated heterocycles. The molecule has 6 heteroatoms. The standard InChI is InChI=1S/C59H94O6/c1-4-7-10-13-16-19-22-25-28-30-32-34-37-40-43-46-49-52-58(61)64-55-56(54-63-57(60)51-48-45-42-39-36-33-27-24-21-18-15-12-9-6-3)65-59(62)53-50-47-44-41-38-35-31-29-26-23-20-17-14-11-8-5-2/h8-9,11-12,17-18,20-21,25-26,28-29,32,34-35,38,40,43-44,47,56H,4-7,10,13-16,19,22-24,27,30-31,33,36-37,39,41-42,45-46,48-55H2,1-3H3/b11-8-,12-9-,20-17-,21-18-,28-25-,29-26-,34-32-,38-35-,43-40-,47-44-. The Morgan fingerprint density at radius 2 is 0.646 bits per heavy atom. The molecule has 6 nitrogen and oxygen atoms in total. The van der Waals surface area contributed by atoms with Gasteiger partial charge in [-0.3, -0.25) is 14.4 Å². The number of carbonyl (C=O) groups is 3. The van der Waals surface area contributed by atoms with Crippen molar-refractivity contribution in [1.29, 1.82) is 0 Å². The summed E-state index contributed by atoms with van der Waals surface area (Å²) in [6, 6.07) is 0. The summed E-state index contributed by atoms with van der Waals surface area (Å²) in [5, 5.41) is 0. The maximum atomic E-state index is 12.8. The third kappa shape index (κ3) is 50.7. The monoisotopic (exact) mass is 899 g/mol. The van der Waals surface area contributed by atoms with Gasteiger partial charge in [0.25, 0.3) is 0 Å². The van der Waals surface area contributed by atoms with Crippen molar-refractivity contribution in [2.75, 3.05) is 13.2 Å². The second-order valence-electron chi connectivity index (χ2n) is 16.7. The molecule has 0 aromatic rings. The summed E-state index contributed by atoms with van der Waals surface area (Å²) in [6.45, 7) is 6.28. The van der Waals surface area contributed by atoms with Gasteiger partial charge >= 0.3 is 17.9 Å². The maximum absolute atomic E-state index is 12.8. The Morgan fingerprint density at radius 3 is 1.06 bits per heavy atom. The maximum Gasteiger partial charge on any atom is 0.306 e. The van der Waals surface area contributed by atoms with Crippen molar-refractivity contribution in [2.45, 2.75) is 219 Å². The molecule has 0 aliphatic heterocycles. The molecule has 0 radical (unpaired) electrons. The van der Waals surface area contributed by atoms with Crippen molar-refractivity contribution in [3.05, 3.63) is 122 Å². The van der Waals surface area contributed by atoms with Crippen molar-refractivity contribution in [3.63, 3.8) is 0 Å². The molecule has 0 fully saturated rings. The van der Waals surface area contributed by atoms with E-state index >= 15 is 0 Å². The van der Waals surface area contributed by atoms with Crippen molar-refractivity contribution in [1.82, 2.24) is 0 Å². The van der Waals surface area contributed by atoms with Crippen LogP contribution in [0.4, 0.5) is 0 Å². The van der Waals surface area contributed by atoms with Crippen LogP contribution in [-0.4, -0.2) is 37.2 Å². The highest BCUT2D eigenvalue weighted by atomic mass is 16.6. The molecule has 0 aromatic carbocycles. The number of allylic oxidation sites excluding steroid dienone is 20. The molecular weight excluding hydrogens is 805 g/mol. The predicted octanol–water partition coefficient (Wildman–Crippen LogP) is 17.3. The molecule has 0 bridgehead atoms. The average Bonchev–Trinajstić information content (AvgIpc) is 3.30. The smallest absolute Gasteiger partial charge is 0.306 e. The molecule has 1 atom stereocenters. The molecule has 0 aliphatic carbocycles. The summed E-state index contributed by atoms with van der Waals surface area (Å²) in [5.74, 6) is -1.08. The van der Waals surface area contributed by atoms with Crippen LogP contribution in [0.3, 0.4) is 0 Å². The van der Waals surface area contributed by atoms with Crippen LogP contribution in [-0.2, 0) is 28.6 Å². The van der Waals surface area contributed by atoms with Crippen molar-refractivity contribution in [3.8, 4) is 0 Å². The summed E-state index contributed by atoms with van der Waals surface area (Å²) in [4.78, 5) is 38.0. The molecule has 0 spiro atoms. The van der Waals surface area contributed by atoms with E-state index in [4.69, 9.17) is 14.2 Å². The van der Waals surface area contributed by atoms with E-state index in [0.29, 0.717) is 19.3 Å². The van der Waals surface area contributed by atoms with Crippen LogP contribution < -0.4 is 0 Å². The van der Waals surface area contributed by atoms with Gasteiger partial charge < -0.3 is 14.2 Å². The fraction of sp³-hybridized carbons (Fsp3) is 0.610. The zero-order chi connectivity index (χ0) is 47.2. The highest BCUT2D eigenvalue weighted by Gasteiger charge is 2.19. The minimum Gasteiger partial charge on any atom is -0.462 e. The van der Waals surface area contributed by atoms with Crippen molar-refractivity contribution in [2.24, 2.45) is 0 Å². The number of unbranched alkanes of at least 4 members (excludes halogenated alkanes) is 14. The fourth-order valence-electron chi connectivity index (χ4n) is 6.60. The number of rotatable bonds is 45. The molecule has 0 amide bonds. The highest BCUT2D eigenvalue weighted by Crippen LogP contribution is 2.12. The second kappa shape index (κ2) is 52.4. The molecule has 0 saturated carbocycles. The van der Waals surface area contributed by atoms with Gasteiger partial charge in [-0.2, -0.15) is 0 Å². The lowest BCUT2D eigenvalue weighted by atomic mass is 10.1. The lowest BCUT2D eigenvalue weighted by molar-refractivity contribution is -0.166. The van der Waals surface area contributed by atoms with E-state index in [1.165, 1.54) is 70.6 Å². The molecule has 0 rings (SSSR count). The van der Waals surface area contributed by atoms with E-state index in [0.717, 1.165) is 89.9 Å². The molecule has 0 aromatic heterocycles. The molecule has 366 valence electrons. The van der Waals surface area contributed by atoms with Gasteiger partial charge in [-0.1, -0.05) is 206 Å². The first-order valence-corrected chi connectivity index (χ1v) is 26.0. The lowest BCUT2D eigenvalue weighted by Gasteiger charge is -2.18. The van der Waals surface area contributed by atoms with Gasteiger partial charge in [0.1, 0.15) is 13.2 Å². The van der Waals surface area contributed by atoms with Crippen LogP contribution in [0.5, 0.6) is 0 Å². The van der Waals surface area contributed by atoms with Gasteiger partial charge in [0.15, 0.2) is 6.10 Å². The van der Waals surface area contributed by atoms with E-state index in [-0.39, 0.29) is 38.0 Å². The van der Waals surface area contributed by atoms with E-state index in [1.807, 2.05) is 12.2 Å². The van der Waals surface area contributed by atoms with Gasteiger partial charge in [0.2, 0.25) is 0 Å². The number of hydrogen-bond donors (Lipinski definition) is 0. The first-order chi connectivity index (χ1) is 32.0. The first kappa shape index (κ1) is 60.8. The van der Waals surface area contributed by atoms with Crippen LogP contribution in [0.2, 0.25) is 0 Å². The Balaban J connectivity index is 4.60. The van der Waals surface area contributed by atoms with Crippen LogP contribution in [0.15, 0.2) is 122 Å². The second-order valence-corrected chi connectivity index (χ2v) is 16.7.